The van der Waals surface area contributed by atoms with Crippen LogP contribution >= 0.6 is 0 Å². The fraction of sp³-hybridized carbons (Fsp3) is 0.529. The van der Waals surface area contributed by atoms with Crippen molar-refractivity contribution in [3.8, 4) is 0 Å². The van der Waals surface area contributed by atoms with E-state index in [0.29, 0.717) is 19.0 Å². The van der Waals surface area contributed by atoms with E-state index in [9.17, 15) is 9.59 Å². The lowest BCUT2D eigenvalue weighted by atomic mass is 10.0. The molecule has 1 aliphatic carbocycles. The summed E-state index contributed by atoms with van der Waals surface area (Å²) >= 11 is 0. The third-order valence-corrected chi connectivity index (χ3v) is 3.83. The third-order valence-electron chi connectivity index (χ3n) is 3.83. The van der Waals surface area contributed by atoms with Crippen molar-refractivity contribution in [3.05, 3.63) is 29.8 Å². The molecule has 0 saturated heterocycles. The minimum atomic E-state index is -0.00651. The SMILES string of the molecule is CC(=O)N(CCNC(=O)C1CC1)c1ccc(C(C)C)cc1. The predicted molar refractivity (Wildman–Crippen MR) is 84.3 cm³/mol. The number of nitrogens with zero attached hydrogens (tertiary/aromatic N) is 1. The highest BCUT2D eigenvalue weighted by Gasteiger charge is 2.29. The van der Waals surface area contributed by atoms with Crippen molar-refractivity contribution in [2.75, 3.05) is 18.0 Å². The van der Waals surface area contributed by atoms with Gasteiger partial charge in [-0.3, -0.25) is 9.59 Å². The number of hydrogen-bond acceptors (Lipinski definition) is 2. The molecule has 4 heteroatoms. The standard InChI is InChI=1S/C17H24N2O2/c1-12(2)14-6-8-16(9-7-14)19(13(3)20)11-10-18-17(21)15-4-5-15/h6-9,12,15H,4-5,10-11H2,1-3H3,(H,18,21). The lowest BCUT2D eigenvalue weighted by Crippen LogP contribution is -2.38. The van der Waals surface area contributed by atoms with Crippen molar-refractivity contribution in [1.29, 1.82) is 0 Å². The maximum Gasteiger partial charge on any atom is 0.223 e. The lowest BCUT2D eigenvalue weighted by Gasteiger charge is -2.22. The molecule has 2 amide bonds. The van der Waals surface area contributed by atoms with E-state index in [2.05, 4.69) is 31.3 Å². The third kappa shape index (κ3) is 4.31. The van der Waals surface area contributed by atoms with Crippen molar-refractivity contribution in [2.45, 2.75) is 39.5 Å². The molecule has 1 aliphatic rings. The molecule has 0 spiro atoms. The van der Waals surface area contributed by atoms with E-state index in [1.807, 2.05) is 12.1 Å². The summed E-state index contributed by atoms with van der Waals surface area (Å²) in [7, 11) is 0. The molecule has 4 nitrogen and oxygen atoms in total. The van der Waals surface area contributed by atoms with Gasteiger partial charge < -0.3 is 10.2 Å². The average Bonchev–Trinajstić information content (AvgIpc) is 3.27. The first-order valence-electron chi connectivity index (χ1n) is 7.65. The topological polar surface area (TPSA) is 49.4 Å². The molecule has 21 heavy (non-hydrogen) atoms. The van der Waals surface area contributed by atoms with Crippen LogP contribution < -0.4 is 10.2 Å². The fourth-order valence-electron chi connectivity index (χ4n) is 2.29. The summed E-state index contributed by atoms with van der Waals surface area (Å²) in [5.74, 6) is 0.797. The van der Waals surface area contributed by atoms with Gasteiger partial charge in [-0.05, 0) is 36.5 Å². The van der Waals surface area contributed by atoms with E-state index in [4.69, 9.17) is 0 Å². The minimum absolute atomic E-state index is 0.00651. The second kappa shape index (κ2) is 6.74. The number of carbonyl (C=O) groups excluding carboxylic acids is 2. The molecule has 0 aliphatic heterocycles. The second-order valence-corrected chi connectivity index (χ2v) is 5.98. The van der Waals surface area contributed by atoms with E-state index in [1.165, 1.54) is 5.56 Å². The first-order valence-corrected chi connectivity index (χ1v) is 7.65. The number of rotatable bonds is 6. The van der Waals surface area contributed by atoms with Gasteiger partial charge in [0, 0.05) is 31.6 Å². The quantitative estimate of drug-likeness (QED) is 0.875. The molecule has 1 fully saturated rings. The Hall–Kier alpha value is -1.84. The van der Waals surface area contributed by atoms with E-state index >= 15 is 0 Å². The number of amides is 2. The van der Waals surface area contributed by atoms with E-state index < -0.39 is 0 Å². The summed E-state index contributed by atoms with van der Waals surface area (Å²) in [6.45, 7) is 6.85. The first kappa shape index (κ1) is 15.5. The zero-order valence-corrected chi connectivity index (χ0v) is 13.1. The largest absolute Gasteiger partial charge is 0.354 e. The Morgan fingerprint density at radius 2 is 1.86 bits per heavy atom. The normalized spacial score (nSPS) is 14.1. The maximum absolute atomic E-state index is 11.8. The van der Waals surface area contributed by atoms with Crippen LogP contribution in [0.25, 0.3) is 0 Å². The van der Waals surface area contributed by atoms with Gasteiger partial charge in [0.05, 0.1) is 0 Å². The highest BCUT2D eigenvalue weighted by molar-refractivity contribution is 5.91. The number of carbonyl (C=O) groups is 2. The van der Waals surface area contributed by atoms with Gasteiger partial charge in [-0.15, -0.1) is 0 Å². The number of benzene rings is 1. The molecule has 1 aromatic rings. The molecular weight excluding hydrogens is 264 g/mol. The lowest BCUT2D eigenvalue weighted by molar-refractivity contribution is -0.122. The zero-order valence-electron chi connectivity index (χ0n) is 13.1. The summed E-state index contributed by atoms with van der Waals surface area (Å²) in [6.07, 6.45) is 2.00. The summed E-state index contributed by atoms with van der Waals surface area (Å²) in [5, 5.41) is 2.90. The molecule has 0 aromatic heterocycles. The van der Waals surface area contributed by atoms with Crippen LogP contribution in [0.4, 0.5) is 5.69 Å². The molecule has 1 N–H and O–H groups in total. The van der Waals surface area contributed by atoms with Gasteiger partial charge in [0.15, 0.2) is 0 Å². The maximum atomic E-state index is 11.8. The highest BCUT2D eigenvalue weighted by Crippen LogP contribution is 2.28. The Morgan fingerprint density at radius 3 is 2.33 bits per heavy atom. The van der Waals surface area contributed by atoms with Gasteiger partial charge in [-0.25, -0.2) is 0 Å². The second-order valence-electron chi connectivity index (χ2n) is 5.98. The van der Waals surface area contributed by atoms with Gasteiger partial charge in [-0.1, -0.05) is 26.0 Å². The van der Waals surface area contributed by atoms with E-state index in [-0.39, 0.29) is 17.7 Å². The van der Waals surface area contributed by atoms with Gasteiger partial charge in [0.25, 0.3) is 0 Å². The molecule has 0 bridgehead atoms. The number of hydrogen-bond donors (Lipinski definition) is 1. The van der Waals surface area contributed by atoms with Crippen LogP contribution in [0.15, 0.2) is 24.3 Å². The summed E-state index contributed by atoms with van der Waals surface area (Å²) < 4.78 is 0. The molecule has 1 saturated carbocycles. The number of anilines is 1. The Kier molecular flexibility index (Phi) is 4.99. The smallest absolute Gasteiger partial charge is 0.223 e. The fourth-order valence-corrected chi connectivity index (χ4v) is 2.29. The molecule has 0 unspecified atom stereocenters. The monoisotopic (exact) mass is 288 g/mol. The van der Waals surface area contributed by atoms with Gasteiger partial charge in [0.2, 0.25) is 11.8 Å². The van der Waals surface area contributed by atoms with Crippen molar-refractivity contribution in [1.82, 2.24) is 5.32 Å². The molecule has 0 radical (unpaired) electrons. The van der Waals surface area contributed by atoms with Crippen LogP contribution in [0.1, 0.15) is 45.1 Å². The average molecular weight is 288 g/mol. The van der Waals surface area contributed by atoms with Gasteiger partial charge in [-0.2, -0.15) is 0 Å². The van der Waals surface area contributed by atoms with E-state index in [0.717, 1.165) is 18.5 Å². The summed E-state index contributed by atoms with van der Waals surface area (Å²) in [6, 6.07) is 8.05. The molecule has 1 aromatic carbocycles. The minimum Gasteiger partial charge on any atom is -0.354 e. The zero-order chi connectivity index (χ0) is 15.4. The Bertz CT molecular complexity index is 504. The Balaban J connectivity index is 1.94. The van der Waals surface area contributed by atoms with Crippen molar-refractivity contribution >= 4 is 17.5 Å². The van der Waals surface area contributed by atoms with Gasteiger partial charge >= 0.3 is 0 Å². The molecule has 114 valence electrons. The van der Waals surface area contributed by atoms with E-state index in [1.54, 1.807) is 11.8 Å². The molecule has 0 atom stereocenters. The molecule has 0 heterocycles. The van der Waals surface area contributed by atoms with Crippen molar-refractivity contribution < 1.29 is 9.59 Å². The first-order chi connectivity index (χ1) is 9.99. The summed E-state index contributed by atoms with van der Waals surface area (Å²) in [5.41, 5.74) is 2.14. The molecular formula is C17H24N2O2. The van der Waals surface area contributed by atoms with Crippen LogP contribution in [0.5, 0.6) is 0 Å². The van der Waals surface area contributed by atoms with Crippen LogP contribution in [-0.4, -0.2) is 24.9 Å². The Labute approximate surface area is 126 Å². The number of nitrogens with one attached hydrogen (secondary N) is 1. The summed E-state index contributed by atoms with van der Waals surface area (Å²) in [4.78, 5) is 25.1. The van der Waals surface area contributed by atoms with Crippen LogP contribution in [0, 0.1) is 5.92 Å². The van der Waals surface area contributed by atoms with Crippen molar-refractivity contribution in [3.63, 3.8) is 0 Å². The predicted octanol–water partition coefficient (Wildman–Crippen LogP) is 2.69. The van der Waals surface area contributed by atoms with Crippen LogP contribution in [0.3, 0.4) is 0 Å². The van der Waals surface area contributed by atoms with Crippen LogP contribution in [-0.2, 0) is 9.59 Å². The van der Waals surface area contributed by atoms with Gasteiger partial charge in [0.1, 0.15) is 0 Å². The molecule has 2 rings (SSSR count). The highest BCUT2D eigenvalue weighted by atomic mass is 16.2. The van der Waals surface area contributed by atoms with Crippen LogP contribution in [0.2, 0.25) is 0 Å². The van der Waals surface area contributed by atoms with Crippen molar-refractivity contribution in [2.24, 2.45) is 5.92 Å². The Morgan fingerprint density at radius 1 is 1.24 bits per heavy atom.